The summed E-state index contributed by atoms with van der Waals surface area (Å²) in [5.74, 6) is 0.755. The van der Waals surface area contributed by atoms with Gasteiger partial charge in [-0.1, -0.05) is 38.1 Å². The summed E-state index contributed by atoms with van der Waals surface area (Å²) in [6.45, 7) is 11.5. The minimum atomic E-state index is 0.688. The molecule has 1 atom stereocenters. The molecular formula is C17H28N2. The summed E-state index contributed by atoms with van der Waals surface area (Å²) < 4.78 is 0. The van der Waals surface area contributed by atoms with Gasteiger partial charge < -0.3 is 5.32 Å². The normalized spacial score (nSPS) is 16.8. The summed E-state index contributed by atoms with van der Waals surface area (Å²) in [5, 5.41) is 3.53. The van der Waals surface area contributed by atoms with Gasteiger partial charge in [0.05, 0.1) is 0 Å². The van der Waals surface area contributed by atoms with E-state index in [0.717, 1.165) is 32.1 Å². The molecule has 0 saturated carbocycles. The van der Waals surface area contributed by atoms with Gasteiger partial charge in [-0.2, -0.15) is 0 Å². The van der Waals surface area contributed by atoms with Crippen molar-refractivity contribution in [1.29, 1.82) is 0 Å². The number of nitrogens with zero attached hydrogens (tertiary/aromatic N) is 1. The molecule has 0 saturated heterocycles. The largest absolute Gasteiger partial charge is 0.316 e. The highest BCUT2D eigenvalue weighted by atomic mass is 15.2. The molecular weight excluding hydrogens is 232 g/mol. The zero-order chi connectivity index (χ0) is 13.7. The number of nitrogens with one attached hydrogen (secondary N) is 1. The number of fused-ring (bicyclic) bond motifs is 1. The molecule has 1 aliphatic rings. The van der Waals surface area contributed by atoms with Gasteiger partial charge in [0.2, 0.25) is 0 Å². The van der Waals surface area contributed by atoms with Crippen molar-refractivity contribution in [3.05, 3.63) is 35.4 Å². The van der Waals surface area contributed by atoms with Crippen LogP contribution in [0.2, 0.25) is 0 Å². The minimum Gasteiger partial charge on any atom is -0.316 e. The summed E-state index contributed by atoms with van der Waals surface area (Å²) in [4.78, 5) is 2.60. The van der Waals surface area contributed by atoms with Crippen LogP contribution >= 0.6 is 0 Å². The second kappa shape index (κ2) is 7.06. The maximum Gasteiger partial charge on any atom is 0.0243 e. The Labute approximate surface area is 118 Å². The molecule has 19 heavy (non-hydrogen) atoms. The van der Waals surface area contributed by atoms with Gasteiger partial charge in [-0.3, -0.25) is 4.90 Å². The Hall–Kier alpha value is -0.860. The molecule has 0 fully saturated rings. The number of benzene rings is 1. The van der Waals surface area contributed by atoms with Crippen molar-refractivity contribution in [3.63, 3.8) is 0 Å². The van der Waals surface area contributed by atoms with E-state index in [1.54, 1.807) is 0 Å². The molecule has 106 valence electrons. The molecule has 0 aromatic heterocycles. The molecule has 0 radical (unpaired) electrons. The zero-order valence-electron chi connectivity index (χ0n) is 12.7. The molecule has 1 aromatic rings. The second-order valence-corrected chi connectivity index (χ2v) is 6.26. The van der Waals surface area contributed by atoms with Crippen molar-refractivity contribution in [1.82, 2.24) is 10.2 Å². The Morgan fingerprint density at radius 2 is 1.74 bits per heavy atom. The first-order chi connectivity index (χ1) is 9.16. The van der Waals surface area contributed by atoms with Gasteiger partial charge in [-0.25, -0.2) is 0 Å². The summed E-state index contributed by atoms with van der Waals surface area (Å²) in [7, 11) is 0. The smallest absolute Gasteiger partial charge is 0.0243 e. The van der Waals surface area contributed by atoms with Gasteiger partial charge >= 0.3 is 0 Å². The highest BCUT2D eigenvalue weighted by Crippen LogP contribution is 2.25. The van der Waals surface area contributed by atoms with E-state index < -0.39 is 0 Å². The maximum absolute atomic E-state index is 3.53. The quantitative estimate of drug-likeness (QED) is 0.756. The highest BCUT2D eigenvalue weighted by molar-refractivity contribution is 5.30. The number of hydrogen-bond donors (Lipinski definition) is 1. The average molecular weight is 260 g/mol. The monoisotopic (exact) mass is 260 g/mol. The SMILES string of the molecule is CC(C)CNCCCC(C)N1Cc2ccccc2C1. The van der Waals surface area contributed by atoms with Crippen molar-refractivity contribution < 1.29 is 0 Å². The highest BCUT2D eigenvalue weighted by Gasteiger charge is 2.22. The fraction of sp³-hybridized carbons (Fsp3) is 0.647. The molecule has 1 aliphatic heterocycles. The fourth-order valence-corrected chi connectivity index (χ4v) is 2.77. The van der Waals surface area contributed by atoms with Gasteiger partial charge in [0.25, 0.3) is 0 Å². The first-order valence-electron chi connectivity index (χ1n) is 7.68. The van der Waals surface area contributed by atoms with E-state index in [1.807, 2.05) is 0 Å². The van der Waals surface area contributed by atoms with Crippen LogP contribution < -0.4 is 5.32 Å². The van der Waals surface area contributed by atoms with Crippen LogP contribution in [-0.4, -0.2) is 24.0 Å². The summed E-state index contributed by atoms with van der Waals surface area (Å²) in [5.41, 5.74) is 3.04. The van der Waals surface area contributed by atoms with Gasteiger partial charge in [-0.15, -0.1) is 0 Å². The molecule has 1 aromatic carbocycles. The fourth-order valence-electron chi connectivity index (χ4n) is 2.77. The van der Waals surface area contributed by atoms with E-state index in [4.69, 9.17) is 0 Å². The van der Waals surface area contributed by atoms with E-state index in [2.05, 4.69) is 55.3 Å². The zero-order valence-corrected chi connectivity index (χ0v) is 12.7. The summed E-state index contributed by atoms with van der Waals surface area (Å²) in [6, 6.07) is 9.54. The molecule has 0 spiro atoms. The third kappa shape index (κ3) is 4.32. The second-order valence-electron chi connectivity index (χ2n) is 6.26. The van der Waals surface area contributed by atoms with Gasteiger partial charge in [-0.05, 0) is 49.9 Å². The molecule has 0 aliphatic carbocycles. The van der Waals surface area contributed by atoms with Crippen molar-refractivity contribution in [2.45, 2.75) is 52.7 Å². The first kappa shape index (κ1) is 14.5. The van der Waals surface area contributed by atoms with E-state index in [-0.39, 0.29) is 0 Å². The van der Waals surface area contributed by atoms with Crippen LogP contribution in [0, 0.1) is 5.92 Å². The van der Waals surface area contributed by atoms with Crippen LogP contribution in [0.3, 0.4) is 0 Å². The van der Waals surface area contributed by atoms with E-state index in [9.17, 15) is 0 Å². The first-order valence-corrected chi connectivity index (χ1v) is 7.68. The third-order valence-electron chi connectivity index (χ3n) is 4.02. The third-order valence-corrected chi connectivity index (χ3v) is 4.02. The molecule has 1 heterocycles. The topological polar surface area (TPSA) is 15.3 Å². The summed E-state index contributed by atoms with van der Waals surface area (Å²) >= 11 is 0. The Balaban J connectivity index is 1.67. The van der Waals surface area contributed by atoms with Crippen LogP contribution in [0.15, 0.2) is 24.3 Å². The maximum atomic E-state index is 3.53. The molecule has 2 heteroatoms. The predicted molar refractivity (Wildman–Crippen MR) is 82.1 cm³/mol. The Bertz CT molecular complexity index is 362. The van der Waals surface area contributed by atoms with Gasteiger partial charge in [0.1, 0.15) is 0 Å². The van der Waals surface area contributed by atoms with Crippen LogP contribution in [-0.2, 0) is 13.1 Å². The summed E-state index contributed by atoms with van der Waals surface area (Å²) in [6.07, 6.45) is 2.57. The van der Waals surface area contributed by atoms with Crippen LogP contribution in [0.1, 0.15) is 44.7 Å². The molecule has 1 unspecified atom stereocenters. The van der Waals surface area contributed by atoms with Crippen molar-refractivity contribution in [3.8, 4) is 0 Å². The lowest BCUT2D eigenvalue weighted by atomic mass is 10.1. The Morgan fingerprint density at radius 3 is 2.32 bits per heavy atom. The van der Waals surface area contributed by atoms with Crippen LogP contribution in [0.5, 0.6) is 0 Å². The standard InChI is InChI=1S/C17H28N2/c1-14(2)11-18-10-6-7-15(3)19-12-16-8-4-5-9-17(16)13-19/h4-5,8-9,14-15,18H,6-7,10-13H2,1-3H3. The Morgan fingerprint density at radius 1 is 1.11 bits per heavy atom. The molecule has 2 nitrogen and oxygen atoms in total. The number of hydrogen-bond acceptors (Lipinski definition) is 2. The lowest BCUT2D eigenvalue weighted by molar-refractivity contribution is 0.200. The van der Waals surface area contributed by atoms with E-state index in [1.165, 1.54) is 24.0 Å². The van der Waals surface area contributed by atoms with Crippen LogP contribution in [0.25, 0.3) is 0 Å². The molecule has 0 bridgehead atoms. The van der Waals surface area contributed by atoms with Gasteiger partial charge in [0, 0.05) is 19.1 Å². The minimum absolute atomic E-state index is 0.688. The molecule has 0 amide bonds. The van der Waals surface area contributed by atoms with Gasteiger partial charge in [0.15, 0.2) is 0 Å². The van der Waals surface area contributed by atoms with Crippen LogP contribution in [0.4, 0.5) is 0 Å². The van der Waals surface area contributed by atoms with E-state index >= 15 is 0 Å². The lowest BCUT2D eigenvalue weighted by Crippen LogP contribution is -2.29. The Kier molecular flexibility index (Phi) is 5.41. The predicted octanol–water partition coefficient (Wildman–Crippen LogP) is 3.42. The lowest BCUT2D eigenvalue weighted by Gasteiger charge is -2.23. The van der Waals surface area contributed by atoms with E-state index in [0.29, 0.717) is 6.04 Å². The van der Waals surface area contributed by atoms with Crippen molar-refractivity contribution in [2.75, 3.05) is 13.1 Å². The van der Waals surface area contributed by atoms with Crippen molar-refractivity contribution >= 4 is 0 Å². The average Bonchev–Trinajstić information content (AvgIpc) is 2.81. The molecule has 2 rings (SSSR count). The number of rotatable bonds is 7. The van der Waals surface area contributed by atoms with Crippen molar-refractivity contribution in [2.24, 2.45) is 5.92 Å². The molecule has 1 N–H and O–H groups in total.